The number of halogens is 1. The lowest BCUT2D eigenvalue weighted by molar-refractivity contribution is 0.0997. The molecule has 0 aliphatic rings. The zero-order chi connectivity index (χ0) is 14.7. The van der Waals surface area contributed by atoms with Crippen molar-refractivity contribution >= 4 is 17.5 Å². The average Bonchev–Trinajstić information content (AvgIpc) is 2.42. The van der Waals surface area contributed by atoms with Crippen LogP contribution >= 0.6 is 0 Å². The summed E-state index contributed by atoms with van der Waals surface area (Å²) in [5.74, 6) is -1.63. The fourth-order valence-corrected chi connectivity index (χ4v) is 1.74. The van der Waals surface area contributed by atoms with Crippen LogP contribution in [0.15, 0.2) is 42.5 Å². The molecule has 0 spiro atoms. The molecule has 0 atom stereocenters. The van der Waals surface area contributed by atoms with Crippen LogP contribution in [0.1, 0.15) is 26.3 Å². The monoisotopic (exact) mass is 272 g/mol. The zero-order valence-electron chi connectivity index (χ0n) is 10.8. The van der Waals surface area contributed by atoms with E-state index in [4.69, 9.17) is 5.73 Å². The second-order valence-electron chi connectivity index (χ2n) is 4.33. The van der Waals surface area contributed by atoms with Gasteiger partial charge in [-0.05, 0) is 42.8 Å². The largest absolute Gasteiger partial charge is 0.366 e. The lowest BCUT2D eigenvalue weighted by atomic mass is 10.1. The van der Waals surface area contributed by atoms with Gasteiger partial charge >= 0.3 is 0 Å². The first-order valence-corrected chi connectivity index (χ1v) is 5.95. The third kappa shape index (κ3) is 2.83. The highest BCUT2D eigenvalue weighted by molar-refractivity contribution is 6.04. The number of amides is 2. The fraction of sp³-hybridized carbons (Fsp3) is 0.0667. The van der Waals surface area contributed by atoms with E-state index in [1.54, 1.807) is 19.1 Å². The summed E-state index contributed by atoms with van der Waals surface area (Å²) >= 11 is 0. The van der Waals surface area contributed by atoms with Crippen molar-refractivity contribution in [3.63, 3.8) is 0 Å². The van der Waals surface area contributed by atoms with Gasteiger partial charge in [0.25, 0.3) is 5.91 Å². The minimum Gasteiger partial charge on any atom is -0.366 e. The van der Waals surface area contributed by atoms with Gasteiger partial charge in [-0.1, -0.05) is 12.1 Å². The van der Waals surface area contributed by atoms with Gasteiger partial charge in [-0.2, -0.15) is 0 Å². The number of carbonyl (C=O) groups excluding carboxylic acids is 2. The normalized spacial score (nSPS) is 10.1. The van der Waals surface area contributed by atoms with Crippen LogP contribution in [0.4, 0.5) is 10.1 Å². The van der Waals surface area contributed by atoms with Crippen LogP contribution in [-0.2, 0) is 0 Å². The maximum Gasteiger partial charge on any atom is 0.258 e. The molecule has 0 saturated heterocycles. The number of aryl methyl sites for hydroxylation is 1. The summed E-state index contributed by atoms with van der Waals surface area (Å²) in [4.78, 5) is 22.9. The topological polar surface area (TPSA) is 72.2 Å². The number of hydrogen-bond acceptors (Lipinski definition) is 2. The Bertz CT molecular complexity index is 666. The predicted octanol–water partition coefficient (Wildman–Crippen LogP) is 2.49. The Kier molecular flexibility index (Phi) is 3.79. The smallest absolute Gasteiger partial charge is 0.258 e. The summed E-state index contributed by atoms with van der Waals surface area (Å²) in [5, 5.41) is 2.56. The van der Waals surface area contributed by atoms with Gasteiger partial charge in [-0.3, -0.25) is 9.59 Å². The first-order valence-electron chi connectivity index (χ1n) is 5.95. The minimum absolute atomic E-state index is 0.0241. The molecule has 0 aromatic heterocycles. The maximum absolute atomic E-state index is 13.8. The third-order valence-electron chi connectivity index (χ3n) is 2.86. The lowest BCUT2D eigenvalue weighted by Crippen LogP contribution is -2.15. The molecule has 0 radical (unpaired) electrons. The molecule has 2 aromatic rings. The van der Waals surface area contributed by atoms with E-state index in [1.807, 2.05) is 0 Å². The molecule has 2 amide bonds. The zero-order valence-corrected chi connectivity index (χ0v) is 10.8. The highest BCUT2D eigenvalue weighted by Gasteiger charge is 2.13. The van der Waals surface area contributed by atoms with Gasteiger partial charge in [0.15, 0.2) is 0 Å². The molecule has 0 fully saturated rings. The first-order chi connectivity index (χ1) is 9.49. The van der Waals surface area contributed by atoms with Gasteiger partial charge in [0, 0.05) is 11.3 Å². The van der Waals surface area contributed by atoms with E-state index in [0.29, 0.717) is 16.8 Å². The third-order valence-corrected chi connectivity index (χ3v) is 2.86. The molecular weight excluding hydrogens is 259 g/mol. The Morgan fingerprint density at radius 1 is 1.10 bits per heavy atom. The van der Waals surface area contributed by atoms with E-state index >= 15 is 0 Å². The Hall–Kier alpha value is -2.69. The molecule has 0 heterocycles. The van der Waals surface area contributed by atoms with Gasteiger partial charge in [0.2, 0.25) is 5.91 Å². The first kappa shape index (κ1) is 13.7. The molecule has 2 aromatic carbocycles. The molecular formula is C15H13FN2O2. The van der Waals surface area contributed by atoms with E-state index in [9.17, 15) is 14.0 Å². The molecule has 5 heteroatoms. The second-order valence-corrected chi connectivity index (χ2v) is 4.33. The van der Waals surface area contributed by atoms with Crippen LogP contribution in [0, 0.1) is 12.7 Å². The molecule has 102 valence electrons. The van der Waals surface area contributed by atoms with Crippen molar-refractivity contribution in [3.8, 4) is 0 Å². The van der Waals surface area contributed by atoms with Crippen LogP contribution in [0.2, 0.25) is 0 Å². The highest BCUT2D eigenvalue weighted by atomic mass is 19.1. The van der Waals surface area contributed by atoms with Crippen LogP contribution in [0.3, 0.4) is 0 Å². The molecule has 2 rings (SSSR count). The maximum atomic E-state index is 13.8. The Labute approximate surface area is 115 Å². The van der Waals surface area contributed by atoms with E-state index in [2.05, 4.69) is 5.32 Å². The SMILES string of the molecule is Cc1cccc(C(=O)Nc2ccc(C(N)=O)cc2)c1F. The molecule has 0 saturated carbocycles. The summed E-state index contributed by atoms with van der Waals surface area (Å²) in [7, 11) is 0. The van der Waals surface area contributed by atoms with Gasteiger partial charge < -0.3 is 11.1 Å². The summed E-state index contributed by atoms with van der Waals surface area (Å²) < 4.78 is 13.8. The quantitative estimate of drug-likeness (QED) is 0.901. The molecule has 4 nitrogen and oxygen atoms in total. The van der Waals surface area contributed by atoms with Crippen molar-refractivity contribution in [3.05, 3.63) is 65.0 Å². The molecule has 20 heavy (non-hydrogen) atoms. The van der Waals surface area contributed by atoms with Crippen molar-refractivity contribution in [2.24, 2.45) is 5.73 Å². The van der Waals surface area contributed by atoms with Gasteiger partial charge in [0.05, 0.1) is 5.56 Å². The summed E-state index contributed by atoms with van der Waals surface area (Å²) in [6, 6.07) is 10.7. The highest BCUT2D eigenvalue weighted by Crippen LogP contribution is 2.15. The Balaban J connectivity index is 2.19. The van der Waals surface area contributed by atoms with Crippen molar-refractivity contribution in [2.75, 3.05) is 5.32 Å². The number of carbonyl (C=O) groups is 2. The van der Waals surface area contributed by atoms with Crippen LogP contribution in [-0.4, -0.2) is 11.8 Å². The van der Waals surface area contributed by atoms with E-state index in [1.165, 1.54) is 30.3 Å². The second kappa shape index (κ2) is 5.52. The predicted molar refractivity (Wildman–Crippen MR) is 74.1 cm³/mol. The number of rotatable bonds is 3. The van der Waals surface area contributed by atoms with Gasteiger partial charge in [-0.15, -0.1) is 0 Å². The summed E-state index contributed by atoms with van der Waals surface area (Å²) in [6.07, 6.45) is 0. The number of hydrogen-bond donors (Lipinski definition) is 2. The van der Waals surface area contributed by atoms with Crippen molar-refractivity contribution in [1.29, 1.82) is 0 Å². The lowest BCUT2D eigenvalue weighted by Gasteiger charge is -2.07. The Morgan fingerprint density at radius 3 is 2.35 bits per heavy atom. The molecule has 0 aliphatic carbocycles. The molecule has 0 aliphatic heterocycles. The van der Waals surface area contributed by atoms with Gasteiger partial charge in [0.1, 0.15) is 5.82 Å². The number of benzene rings is 2. The number of primary amides is 1. The minimum atomic E-state index is -0.549. The summed E-state index contributed by atoms with van der Waals surface area (Å²) in [6.45, 7) is 1.59. The molecule has 0 unspecified atom stereocenters. The summed E-state index contributed by atoms with van der Waals surface area (Å²) in [5.41, 5.74) is 6.29. The van der Waals surface area contributed by atoms with Crippen molar-refractivity contribution < 1.29 is 14.0 Å². The average molecular weight is 272 g/mol. The van der Waals surface area contributed by atoms with Crippen LogP contribution < -0.4 is 11.1 Å². The van der Waals surface area contributed by atoms with Crippen LogP contribution in [0.25, 0.3) is 0 Å². The number of nitrogens with one attached hydrogen (secondary N) is 1. The number of nitrogens with two attached hydrogens (primary N) is 1. The van der Waals surface area contributed by atoms with Crippen molar-refractivity contribution in [1.82, 2.24) is 0 Å². The molecule has 0 bridgehead atoms. The standard InChI is InChI=1S/C15H13FN2O2/c1-9-3-2-4-12(13(9)16)15(20)18-11-7-5-10(6-8-11)14(17)19/h2-8H,1H3,(H2,17,19)(H,18,20). The van der Waals surface area contributed by atoms with Gasteiger partial charge in [-0.25, -0.2) is 4.39 Å². The number of anilines is 1. The van der Waals surface area contributed by atoms with Crippen molar-refractivity contribution in [2.45, 2.75) is 6.92 Å². The molecule has 3 N–H and O–H groups in total. The fourth-order valence-electron chi connectivity index (χ4n) is 1.74. The van der Waals surface area contributed by atoms with E-state index in [0.717, 1.165) is 0 Å². The van der Waals surface area contributed by atoms with E-state index < -0.39 is 17.6 Å². The van der Waals surface area contributed by atoms with E-state index in [-0.39, 0.29) is 5.56 Å². The van der Waals surface area contributed by atoms with Crippen LogP contribution in [0.5, 0.6) is 0 Å². The Morgan fingerprint density at radius 2 is 1.75 bits per heavy atom.